The van der Waals surface area contributed by atoms with Crippen LogP contribution in [-0.4, -0.2) is 59.1 Å². The van der Waals surface area contributed by atoms with E-state index in [1.807, 2.05) is 0 Å². The molecule has 6 nitrogen and oxygen atoms in total. The molecule has 0 radical (unpaired) electrons. The Kier molecular flexibility index (Phi) is 3.52. The number of rotatable bonds is 3. The van der Waals surface area contributed by atoms with E-state index in [0.717, 1.165) is 0 Å². The van der Waals surface area contributed by atoms with Gasteiger partial charge in [0.25, 0.3) is 0 Å². The molecule has 0 aliphatic carbocycles. The van der Waals surface area contributed by atoms with E-state index in [9.17, 15) is 4.79 Å². The largest absolute Gasteiger partial charge is 0.393 e. The third kappa shape index (κ3) is 2.82. The summed E-state index contributed by atoms with van der Waals surface area (Å²) in [5.74, 6) is -0.0270. The number of likely N-dealkylation sites (tertiary alicyclic amines) is 1. The van der Waals surface area contributed by atoms with Crippen LogP contribution in [0.25, 0.3) is 0 Å². The molecular weight excluding hydrogens is 196 g/mol. The minimum Gasteiger partial charge on any atom is -0.393 e. The van der Waals surface area contributed by atoms with Crippen LogP contribution in [0.15, 0.2) is 0 Å². The molecule has 1 heterocycles. The van der Waals surface area contributed by atoms with Gasteiger partial charge in [0.15, 0.2) is 5.96 Å². The highest BCUT2D eigenvalue weighted by atomic mass is 16.3. The molecular formula is C9H18N4O2. The molecule has 1 aliphatic heterocycles. The second-order valence-electron chi connectivity index (χ2n) is 4.00. The van der Waals surface area contributed by atoms with Crippen LogP contribution in [0, 0.1) is 5.41 Å². The Morgan fingerprint density at radius 1 is 1.73 bits per heavy atom. The normalized spacial score (nSPS) is 18.2. The second-order valence-corrected chi connectivity index (χ2v) is 4.00. The number of guanidine groups is 1. The lowest BCUT2D eigenvalue weighted by atomic mass is 10.1. The van der Waals surface area contributed by atoms with Gasteiger partial charge in [-0.2, -0.15) is 0 Å². The summed E-state index contributed by atoms with van der Waals surface area (Å²) in [6, 6.07) is 0.139. The fourth-order valence-electron chi connectivity index (χ4n) is 1.48. The monoisotopic (exact) mass is 214 g/mol. The first kappa shape index (κ1) is 11.8. The molecule has 0 spiro atoms. The molecule has 1 rings (SSSR count). The van der Waals surface area contributed by atoms with E-state index < -0.39 is 6.10 Å². The maximum atomic E-state index is 11.4. The van der Waals surface area contributed by atoms with Gasteiger partial charge in [-0.25, -0.2) is 0 Å². The minimum atomic E-state index is -0.595. The van der Waals surface area contributed by atoms with Crippen LogP contribution in [0.5, 0.6) is 0 Å². The SMILES string of the molecule is CC(O)CC(=O)N1CC(N(C)C(=N)N)C1. The number of carbonyl (C=O) groups is 1. The molecule has 1 atom stereocenters. The van der Waals surface area contributed by atoms with Crippen molar-refractivity contribution in [3.63, 3.8) is 0 Å². The molecule has 0 bridgehead atoms. The topological polar surface area (TPSA) is 93.6 Å². The number of nitrogens with zero attached hydrogens (tertiary/aromatic N) is 2. The predicted molar refractivity (Wildman–Crippen MR) is 56.3 cm³/mol. The molecule has 6 heteroatoms. The van der Waals surface area contributed by atoms with Crippen LogP contribution >= 0.6 is 0 Å². The van der Waals surface area contributed by atoms with Gasteiger partial charge in [-0.3, -0.25) is 10.2 Å². The highest BCUT2D eigenvalue weighted by Crippen LogP contribution is 2.14. The quantitative estimate of drug-likeness (QED) is 0.406. The van der Waals surface area contributed by atoms with Crippen LogP contribution < -0.4 is 5.73 Å². The lowest BCUT2D eigenvalue weighted by Gasteiger charge is -2.44. The molecule has 0 aromatic rings. The first-order chi connectivity index (χ1) is 6.91. The van der Waals surface area contributed by atoms with E-state index >= 15 is 0 Å². The smallest absolute Gasteiger partial charge is 0.225 e. The fraction of sp³-hybridized carbons (Fsp3) is 0.778. The summed E-state index contributed by atoms with van der Waals surface area (Å²) in [7, 11) is 1.74. The van der Waals surface area contributed by atoms with Gasteiger partial charge in [0, 0.05) is 20.1 Å². The maximum Gasteiger partial charge on any atom is 0.225 e. The average molecular weight is 214 g/mol. The van der Waals surface area contributed by atoms with E-state index in [4.69, 9.17) is 16.2 Å². The molecule has 86 valence electrons. The minimum absolute atomic E-state index is 0.0163. The molecule has 4 N–H and O–H groups in total. The molecule has 1 aliphatic rings. The van der Waals surface area contributed by atoms with Gasteiger partial charge >= 0.3 is 0 Å². The third-order valence-corrected chi connectivity index (χ3v) is 2.61. The molecule has 0 saturated carbocycles. The number of nitrogens with one attached hydrogen (secondary N) is 1. The number of nitrogens with two attached hydrogens (primary N) is 1. The number of hydrogen-bond acceptors (Lipinski definition) is 3. The molecule has 0 aromatic heterocycles. The Labute approximate surface area is 89.2 Å². The van der Waals surface area contributed by atoms with Crippen LogP contribution in [0.4, 0.5) is 0 Å². The van der Waals surface area contributed by atoms with Crippen molar-refractivity contribution in [1.29, 1.82) is 5.41 Å². The van der Waals surface area contributed by atoms with E-state index in [2.05, 4.69) is 0 Å². The average Bonchev–Trinajstić information content (AvgIpc) is 1.99. The number of likely N-dealkylation sites (N-methyl/N-ethyl adjacent to an activating group) is 1. The number of hydrogen-bond donors (Lipinski definition) is 3. The van der Waals surface area contributed by atoms with Gasteiger partial charge < -0.3 is 20.6 Å². The van der Waals surface area contributed by atoms with Crippen molar-refractivity contribution < 1.29 is 9.90 Å². The van der Waals surface area contributed by atoms with Crippen LogP contribution in [0.2, 0.25) is 0 Å². The zero-order valence-corrected chi connectivity index (χ0v) is 9.10. The van der Waals surface area contributed by atoms with Gasteiger partial charge in [-0.1, -0.05) is 0 Å². The van der Waals surface area contributed by atoms with E-state index in [0.29, 0.717) is 13.1 Å². The summed E-state index contributed by atoms with van der Waals surface area (Å²) in [5.41, 5.74) is 5.31. The zero-order valence-electron chi connectivity index (χ0n) is 9.10. The summed E-state index contributed by atoms with van der Waals surface area (Å²) < 4.78 is 0. The summed E-state index contributed by atoms with van der Waals surface area (Å²) in [5, 5.41) is 16.3. The van der Waals surface area contributed by atoms with Gasteiger partial charge in [-0.15, -0.1) is 0 Å². The van der Waals surface area contributed by atoms with Crippen molar-refractivity contribution >= 4 is 11.9 Å². The standard InChI is InChI=1S/C9H18N4O2/c1-6(14)3-8(15)13-4-7(5-13)12(2)9(10)11/h6-7,14H,3-5H2,1-2H3,(H3,10,11). The Balaban J connectivity index is 2.31. The van der Waals surface area contributed by atoms with Gasteiger partial charge in [0.05, 0.1) is 18.6 Å². The predicted octanol–water partition coefficient (Wildman–Crippen LogP) is -1.21. The van der Waals surface area contributed by atoms with Crippen molar-refractivity contribution in [3.05, 3.63) is 0 Å². The maximum absolute atomic E-state index is 11.4. The number of aliphatic hydroxyl groups is 1. The van der Waals surface area contributed by atoms with Crippen molar-refractivity contribution in [2.45, 2.75) is 25.5 Å². The van der Waals surface area contributed by atoms with Crippen molar-refractivity contribution in [2.24, 2.45) is 5.73 Å². The van der Waals surface area contributed by atoms with Gasteiger partial charge in [0.1, 0.15) is 0 Å². The number of carbonyl (C=O) groups excluding carboxylic acids is 1. The van der Waals surface area contributed by atoms with Crippen molar-refractivity contribution in [2.75, 3.05) is 20.1 Å². The second kappa shape index (κ2) is 4.48. The van der Waals surface area contributed by atoms with Gasteiger partial charge in [-0.05, 0) is 6.92 Å². The summed E-state index contributed by atoms with van der Waals surface area (Å²) in [6.07, 6.45) is -0.432. The Morgan fingerprint density at radius 2 is 2.27 bits per heavy atom. The van der Waals surface area contributed by atoms with Crippen molar-refractivity contribution in [1.82, 2.24) is 9.80 Å². The fourth-order valence-corrected chi connectivity index (χ4v) is 1.48. The third-order valence-electron chi connectivity index (χ3n) is 2.61. The van der Waals surface area contributed by atoms with Crippen LogP contribution in [0.3, 0.4) is 0 Å². The lowest BCUT2D eigenvalue weighted by Crippen LogP contribution is -2.62. The molecule has 1 unspecified atom stereocenters. The molecule has 1 saturated heterocycles. The molecule has 1 fully saturated rings. The van der Waals surface area contributed by atoms with E-state index in [1.165, 1.54) is 0 Å². The Morgan fingerprint density at radius 3 is 2.67 bits per heavy atom. The Bertz CT molecular complexity index is 261. The van der Waals surface area contributed by atoms with Crippen LogP contribution in [-0.2, 0) is 4.79 Å². The summed E-state index contributed by atoms with van der Waals surface area (Å²) in [6.45, 7) is 2.76. The highest BCUT2D eigenvalue weighted by Gasteiger charge is 2.33. The van der Waals surface area contributed by atoms with E-state index in [-0.39, 0.29) is 24.3 Å². The molecule has 0 aromatic carbocycles. The molecule has 15 heavy (non-hydrogen) atoms. The van der Waals surface area contributed by atoms with Gasteiger partial charge in [0.2, 0.25) is 5.91 Å². The summed E-state index contributed by atoms with van der Waals surface area (Å²) in [4.78, 5) is 14.7. The number of amides is 1. The van der Waals surface area contributed by atoms with Crippen LogP contribution in [0.1, 0.15) is 13.3 Å². The lowest BCUT2D eigenvalue weighted by molar-refractivity contribution is -0.139. The number of aliphatic hydroxyl groups excluding tert-OH is 1. The zero-order chi connectivity index (χ0) is 11.6. The first-order valence-corrected chi connectivity index (χ1v) is 4.94. The summed E-state index contributed by atoms with van der Waals surface area (Å²) >= 11 is 0. The van der Waals surface area contributed by atoms with Crippen molar-refractivity contribution in [3.8, 4) is 0 Å². The molecule has 1 amide bonds. The first-order valence-electron chi connectivity index (χ1n) is 4.94. The Hall–Kier alpha value is -1.30. The van der Waals surface area contributed by atoms with E-state index in [1.54, 1.807) is 23.8 Å². The highest BCUT2D eigenvalue weighted by molar-refractivity contribution is 5.79.